The van der Waals surface area contributed by atoms with Crippen molar-refractivity contribution >= 4 is 29.2 Å². The van der Waals surface area contributed by atoms with Gasteiger partial charge in [0, 0.05) is 22.1 Å². The molecular weight excluding hydrogens is 267 g/mol. The fraction of sp³-hybridized carbons (Fsp3) is 0.455. The quantitative estimate of drug-likeness (QED) is 0.499. The number of hydrogen-bond donors (Lipinski definition) is 1. The van der Waals surface area contributed by atoms with E-state index in [1.54, 1.807) is 11.8 Å². The zero-order valence-electron chi connectivity index (χ0n) is 9.38. The van der Waals surface area contributed by atoms with Crippen LogP contribution in [0.4, 0.5) is 18.9 Å². The van der Waals surface area contributed by atoms with Gasteiger partial charge >= 0.3 is 6.18 Å². The molecule has 0 saturated heterocycles. The first-order valence-electron chi connectivity index (χ1n) is 5.12. The van der Waals surface area contributed by atoms with E-state index in [-0.39, 0.29) is 5.69 Å². The van der Waals surface area contributed by atoms with Crippen molar-refractivity contribution < 1.29 is 13.2 Å². The summed E-state index contributed by atoms with van der Waals surface area (Å²) in [6, 6.07) is 3.51. The van der Waals surface area contributed by atoms with Gasteiger partial charge in [-0.1, -0.05) is 6.92 Å². The molecule has 0 aromatic heterocycles. The first-order valence-corrected chi connectivity index (χ1v) is 7.26. The van der Waals surface area contributed by atoms with E-state index in [1.165, 1.54) is 17.8 Å². The third kappa shape index (κ3) is 4.71. The molecule has 0 aliphatic carbocycles. The lowest BCUT2D eigenvalue weighted by molar-refractivity contribution is -0.137. The minimum atomic E-state index is -4.32. The summed E-state index contributed by atoms with van der Waals surface area (Å²) in [6.07, 6.45) is -4.32. The topological polar surface area (TPSA) is 26.0 Å². The van der Waals surface area contributed by atoms with Crippen LogP contribution in [-0.4, -0.2) is 17.3 Å². The third-order valence-corrected chi connectivity index (χ3v) is 4.28. The van der Waals surface area contributed by atoms with Crippen LogP contribution >= 0.6 is 23.5 Å². The van der Waals surface area contributed by atoms with E-state index in [0.717, 1.165) is 34.3 Å². The van der Waals surface area contributed by atoms with Gasteiger partial charge in [0.25, 0.3) is 0 Å². The van der Waals surface area contributed by atoms with Gasteiger partial charge in [-0.2, -0.15) is 24.9 Å². The largest absolute Gasteiger partial charge is 0.416 e. The van der Waals surface area contributed by atoms with Gasteiger partial charge in [0.1, 0.15) is 0 Å². The average molecular weight is 281 g/mol. The molecule has 6 heteroatoms. The summed E-state index contributed by atoms with van der Waals surface area (Å²) < 4.78 is 37.2. The van der Waals surface area contributed by atoms with E-state index in [9.17, 15) is 13.2 Å². The highest BCUT2D eigenvalue weighted by Crippen LogP contribution is 2.34. The minimum Gasteiger partial charge on any atom is -0.398 e. The van der Waals surface area contributed by atoms with E-state index in [4.69, 9.17) is 5.73 Å². The maximum atomic E-state index is 12.4. The summed E-state index contributed by atoms with van der Waals surface area (Å²) in [6.45, 7) is 2.07. The summed E-state index contributed by atoms with van der Waals surface area (Å²) in [7, 11) is 0. The van der Waals surface area contributed by atoms with Crippen LogP contribution in [-0.2, 0) is 6.18 Å². The Morgan fingerprint density at radius 3 is 2.47 bits per heavy atom. The van der Waals surface area contributed by atoms with Crippen LogP contribution in [0.25, 0.3) is 0 Å². The Kier molecular flexibility index (Phi) is 5.52. The highest BCUT2D eigenvalue weighted by Gasteiger charge is 2.30. The van der Waals surface area contributed by atoms with Crippen LogP contribution in [0.15, 0.2) is 23.1 Å². The molecule has 96 valence electrons. The highest BCUT2D eigenvalue weighted by atomic mass is 32.2. The van der Waals surface area contributed by atoms with Crippen molar-refractivity contribution in [2.45, 2.75) is 18.0 Å². The second-order valence-electron chi connectivity index (χ2n) is 3.30. The number of anilines is 1. The van der Waals surface area contributed by atoms with Crippen molar-refractivity contribution in [3.8, 4) is 0 Å². The normalized spacial score (nSPS) is 11.8. The van der Waals surface area contributed by atoms with Crippen molar-refractivity contribution in [3.63, 3.8) is 0 Å². The van der Waals surface area contributed by atoms with Crippen LogP contribution in [0, 0.1) is 0 Å². The summed E-state index contributed by atoms with van der Waals surface area (Å²) >= 11 is 3.29. The average Bonchev–Trinajstić information content (AvgIpc) is 2.24. The fourth-order valence-corrected chi connectivity index (χ4v) is 2.91. The lowest BCUT2D eigenvalue weighted by Crippen LogP contribution is -2.05. The van der Waals surface area contributed by atoms with E-state index in [1.807, 2.05) is 0 Å². The molecule has 0 fully saturated rings. The Morgan fingerprint density at radius 1 is 1.24 bits per heavy atom. The monoisotopic (exact) mass is 281 g/mol. The van der Waals surface area contributed by atoms with Crippen molar-refractivity contribution in [2.75, 3.05) is 23.0 Å². The fourth-order valence-electron chi connectivity index (χ4n) is 1.21. The number of hydrogen-bond acceptors (Lipinski definition) is 3. The van der Waals surface area contributed by atoms with E-state index >= 15 is 0 Å². The maximum Gasteiger partial charge on any atom is 0.416 e. The van der Waals surface area contributed by atoms with Crippen LogP contribution in [0.3, 0.4) is 0 Å². The summed E-state index contributed by atoms with van der Waals surface area (Å²) in [5.41, 5.74) is 5.11. The van der Waals surface area contributed by atoms with E-state index in [0.29, 0.717) is 0 Å². The van der Waals surface area contributed by atoms with Crippen LogP contribution in [0.5, 0.6) is 0 Å². The second-order valence-corrected chi connectivity index (χ2v) is 5.83. The summed E-state index contributed by atoms with van der Waals surface area (Å²) in [5.74, 6) is 2.87. The third-order valence-electron chi connectivity index (χ3n) is 2.03. The molecule has 2 N–H and O–H groups in total. The molecule has 0 aliphatic rings. The molecule has 1 aromatic rings. The Morgan fingerprint density at radius 2 is 1.94 bits per heavy atom. The number of halogens is 3. The number of rotatable bonds is 5. The smallest absolute Gasteiger partial charge is 0.398 e. The molecule has 0 heterocycles. The van der Waals surface area contributed by atoms with E-state index in [2.05, 4.69) is 6.92 Å². The predicted molar refractivity (Wildman–Crippen MR) is 69.6 cm³/mol. The van der Waals surface area contributed by atoms with Gasteiger partial charge in [-0.15, -0.1) is 11.8 Å². The lowest BCUT2D eigenvalue weighted by atomic mass is 10.2. The minimum absolute atomic E-state index is 0.200. The van der Waals surface area contributed by atoms with Gasteiger partial charge in [-0.3, -0.25) is 0 Å². The van der Waals surface area contributed by atoms with E-state index < -0.39 is 11.7 Å². The molecule has 17 heavy (non-hydrogen) atoms. The summed E-state index contributed by atoms with van der Waals surface area (Å²) in [5, 5.41) is 0. The molecule has 0 unspecified atom stereocenters. The molecule has 0 spiro atoms. The van der Waals surface area contributed by atoms with Crippen LogP contribution in [0.2, 0.25) is 0 Å². The number of nitrogens with two attached hydrogens (primary N) is 1. The maximum absolute atomic E-state index is 12.4. The molecule has 0 saturated carbocycles. The molecule has 0 aliphatic heterocycles. The van der Waals surface area contributed by atoms with Crippen molar-refractivity contribution in [1.29, 1.82) is 0 Å². The number of thioether (sulfide) groups is 2. The standard InChI is InChI=1S/C11H14F3NS2/c1-2-16-5-6-17-10-4-3-8(7-9(10)15)11(12,13)14/h3-4,7H,2,5-6,15H2,1H3. The highest BCUT2D eigenvalue weighted by molar-refractivity contribution is 8.03. The zero-order valence-corrected chi connectivity index (χ0v) is 11.0. The molecule has 1 aromatic carbocycles. The number of nitrogen functional groups attached to an aromatic ring is 1. The Balaban J connectivity index is 2.64. The second kappa shape index (κ2) is 6.44. The van der Waals surface area contributed by atoms with Crippen LogP contribution in [0.1, 0.15) is 12.5 Å². The lowest BCUT2D eigenvalue weighted by Gasteiger charge is -2.10. The van der Waals surface area contributed by atoms with Gasteiger partial charge in [-0.05, 0) is 24.0 Å². The molecule has 0 atom stereocenters. The number of benzene rings is 1. The molecule has 0 radical (unpaired) electrons. The predicted octanol–water partition coefficient (Wildman–Crippen LogP) is 4.13. The van der Waals surface area contributed by atoms with Crippen molar-refractivity contribution in [2.24, 2.45) is 0 Å². The van der Waals surface area contributed by atoms with Crippen molar-refractivity contribution in [3.05, 3.63) is 23.8 Å². The molecule has 0 amide bonds. The van der Waals surface area contributed by atoms with Gasteiger partial charge in [-0.25, -0.2) is 0 Å². The Labute approximate surface area is 107 Å². The Bertz CT molecular complexity index is 366. The number of alkyl halides is 3. The molecule has 1 rings (SSSR count). The SMILES string of the molecule is CCSCCSc1ccc(C(F)(F)F)cc1N. The van der Waals surface area contributed by atoms with Crippen molar-refractivity contribution in [1.82, 2.24) is 0 Å². The molecule has 1 nitrogen and oxygen atoms in total. The summed E-state index contributed by atoms with van der Waals surface area (Å²) in [4.78, 5) is 0.717. The van der Waals surface area contributed by atoms with Gasteiger partial charge < -0.3 is 5.73 Å². The van der Waals surface area contributed by atoms with Crippen LogP contribution < -0.4 is 5.73 Å². The first-order chi connectivity index (χ1) is 7.95. The Hall–Kier alpha value is -0.490. The zero-order chi connectivity index (χ0) is 12.9. The molecular formula is C11H14F3NS2. The van der Waals surface area contributed by atoms with Gasteiger partial charge in [0.05, 0.1) is 5.56 Å². The first kappa shape index (κ1) is 14.6. The van der Waals surface area contributed by atoms with Gasteiger partial charge in [0.15, 0.2) is 0 Å². The van der Waals surface area contributed by atoms with Gasteiger partial charge in [0.2, 0.25) is 0 Å². The molecule has 0 bridgehead atoms.